The predicted octanol–water partition coefficient (Wildman–Crippen LogP) is 2.61. The van der Waals surface area contributed by atoms with E-state index in [0.29, 0.717) is 29.7 Å². The third-order valence-electron chi connectivity index (χ3n) is 2.86. The fourth-order valence-electron chi connectivity index (χ4n) is 1.88. The van der Waals surface area contributed by atoms with Gasteiger partial charge in [-0.2, -0.15) is 4.98 Å². The molecule has 0 aliphatic rings. The second-order valence-corrected chi connectivity index (χ2v) is 4.42. The molecule has 1 aromatic carbocycles. The lowest BCUT2D eigenvalue weighted by molar-refractivity contribution is 0.406. The molecule has 0 atom stereocenters. The van der Waals surface area contributed by atoms with Gasteiger partial charge in [0.1, 0.15) is 17.3 Å². The van der Waals surface area contributed by atoms with Crippen molar-refractivity contribution in [3.05, 3.63) is 41.3 Å². The van der Waals surface area contributed by atoms with E-state index < -0.39 is 0 Å². The van der Waals surface area contributed by atoms with Crippen molar-refractivity contribution < 1.29 is 9.47 Å². The molecule has 1 aromatic heterocycles. The maximum absolute atomic E-state index is 5.80. The Kier molecular flexibility index (Phi) is 4.53. The summed E-state index contributed by atoms with van der Waals surface area (Å²) in [5, 5.41) is 0. The van der Waals surface area contributed by atoms with Gasteiger partial charge in [-0.1, -0.05) is 6.92 Å². The van der Waals surface area contributed by atoms with Crippen LogP contribution in [0.4, 0.5) is 0 Å². The summed E-state index contributed by atoms with van der Waals surface area (Å²) >= 11 is 0. The summed E-state index contributed by atoms with van der Waals surface area (Å²) < 4.78 is 11.0. The van der Waals surface area contributed by atoms with Gasteiger partial charge in [0, 0.05) is 24.4 Å². The van der Waals surface area contributed by atoms with E-state index in [-0.39, 0.29) is 0 Å². The highest BCUT2D eigenvalue weighted by Gasteiger charge is 2.06. The first-order valence-corrected chi connectivity index (χ1v) is 6.55. The molecule has 0 saturated carbocycles. The fraction of sp³-hybridized carbons (Fsp3) is 0.333. The minimum atomic E-state index is 0.427. The number of benzene rings is 1. The molecular formula is C15H19N3O2. The lowest BCUT2D eigenvalue weighted by Crippen LogP contribution is -2.00. The molecule has 0 spiro atoms. The van der Waals surface area contributed by atoms with Crippen LogP contribution in [-0.2, 0) is 13.0 Å². The van der Waals surface area contributed by atoms with Gasteiger partial charge in [0.05, 0.1) is 7.11 Å². The molecule has 5 heteroatoms. The van der Waals surface area contributed by atoms with E-state index in [1.54, 1.807) is 7.11 Å². The Morgan fingerprint density at radius 2 is 1.85 bits per heavy atom. The van der Waals surface area contributed by atoms with Crippen molar-refractivity contribution in [2.45, 2.75) is 26.8 Å². The number of ether oxygens (including phenoxy) is 2. The molecule has 2 N–H and O–H groups in total. The van der Waals surface area contributed by atoms with Crippen LogP contribution in [0.3, 0.4) is 0 Å². The highest BCUT2D eigenvalue weighted by Crippen LogP contribution is 2.26. The predicted molar refractivity (Wildman–Crippen MR) is 77.1 cm³/mol. The Balaban J connectivity index is 2.31. The van der Waals surface area contributed by atoms with E-state index in [9.17, 15) is 0 Å². The number of aromatic nitrogens is 2. The van der Waals surface area contributed by atoms with Gasteiger partial charge < -0.3 is 15.2 Å². The number of hydrogen-bond donors (Lipinski definition) is 1. The Morgan fingerprint density at radius 3 is 2.50 bits per heavy atom. The van der Waals surface area contributed by atoms with Crippen LogP contribution >= 0.6 is 0 Å². The van der Waals surface area contributed by atoms with Crippen LogP contribution in [0.2, 0.25) is 0 Å². The Hall–Kier alpha value is -2.14. The molecule has 106 valence electrons. The normalized spacial score (nSPS) is 10.4. The van der Waals surface area contributed by atoms with Gasteiger partial charge in [-0.05, 0) is 31.0 Å². The minimum absolute atomic E-state index is 0.427. The number of rotatable bonds is 5. The lowest BCUT2D eigenvalue weighted by atomic mass is 10.2. The average Bonchev–Trinajstić information content (AvgIpc) is 2.46. The van der Waals surface area contributed by atoms with Crippen molar-refractivity contribution >= 4 is 0 Å². The van der Waals surface area contributed by atoms with E-state index >= 15 is 0 Å². The highest BCUT2D eigenvalue weighted by atomic mass is 16.5. The average molecular weight is 273 g/mol. The molecule has 5 nitrogen and oxygen atoms in total. The maximum Gasteiger partial charge on any atom is 0.222 e. The number of nitrogens with two attached hydrogens (primary N) is 1. The maximum atomic E-state index is 5.80. The molecular weight excluding hydrogens is 254 g/mol. The Bertz CT molecular complexity index is 577. The van der Waals surface area contributed by atoms with Crippen LogP contribution in [0.25, 0.3) is 0 Å². The first kappa shape index (κ1) is 14.3. The van der Waals surface area contributed by atoms with Crippen LogP contribution < -0.4 is 15.2 Å². The molecule has 0 bridgehead atoms. The number of methoxy groups -OCH3 is 1. The molecule has 0 unspecified atom stereocenters. The summed E-state index contributed by atoms with van der Waals surface area (Å²) in [6, 6.07) is 7.41. The van der Waals surface area contributed by atoms with Crippen LogP contribution in [-0.4, -0.2) is 17.1 Å². The van der Waals surface area contributed by atoms with Crippen molar-refractivity contribution in [3.63, 3.8) is 0 Å². The fourth-order valence-corrected chi connectivity index (χ4v) is 1.88. The van der Waals surface area contributed by atoms with E-state index in [1.165, 1.54) is 0 Å². The van der Waals surface area contributed by atoms with Crippen LogP contribution in [0, 0.1) is 6.92 Å². The molecule has 0 amide bonds. The zero-order valence-corrected chi connectivity index (χ0v) is 12.0. The highest BCUT2D eigenvalue weighted by molar-refractivity contribution is 5.40. The molecule has 0 aliphatic heterocycles. The number of aryl methyl sites for hydroxylation is 2. The minimum Gasteiger partial charge on any atom is -0.497 e. The summed E-state index contributed by atoms with van der Waals surface area (Å²) in [4.78, 5) is 8.61. The van der Waals surface area contributed by atoms with Crippen LogP contribution in [0.15, 0.2) is 24.3 Å². The largest absolute Gasteiger partial charge is 0.497 e. The van der Waals surface area contributed by atoms with Gasteiger partial charge in [-0.25, -0.2) is 4.98 Å². The van der Waals surface area contributed by atoms with Gasteiger partial charge >= 0.3 is 0 Å². The Morgan fingerprint density at radius 1 is 1.10 bits per heavy atom. The Labute approximate surface area is 118 Å². The van der Waals surface area contributed by atoms with Crippen LogP contribution in [0.5, 0.6) is 17.4 Å². The third kappa shape index (κ3) is 3.45. The molecule has 2 aromatic rings. The third-order valence-corrected chi connectivity index (χ3v) is 2.86. The zero-order chi connectivity index (χ0) is 14.5. The lowest BCUT2D eigenvalue weighted by Gasteiger charge is -2.10. The quantitative estimate of drug-likeness (QED) is 0.906. The molecule has 20 heavy (non-hydrogen) atoms. The van der Waals surface area contributed by atoms with Crippen molar-refractivity contribution in [3.8, 4) is 17.4 Å². The van der Waals surface area contributed by atoms with Gasteiger partial charge in [0.15, 0.2) is 0 Å². The first-order valence-electron chi connectivity index (χ1n) is 6.55. The van der Waals surface area contributed by atoms with E-state index in [2.05, 4.69) is 9.97 Å². The van der Waals surface area contributed by atoms with Crippen molar-refractivity contribution in [1.82, 2.24) is 9.97 Å². The van der Waals surface area contributed by atoms with E-state index in [4.69, 9.17) is 15.2 Å². The molecule has 2 rings (SSSR count). The molecule has 0 fully saturated rings. The number of hydrogen-bond acceptors (Lipinski definition) is 5. The molecule has 0 aliphatic carbocycles. The van der Waals surface area contributed by atoms with Gasteiger partial charge in [0.25, 0.3) is 0 Å². The first-order chi connectivity index (χ1) is 9.64. The van der Waals surface area contributed by atoms with Crippen LogP contribution in [0.1, 0.15) is 24.0 Å². The van der Waals surface area contributed by atoms with Gasteiger partial charge in [-0.3, -0.25) is 0 Å². The second kappa shape index (κ2) is 6.34. The smallest absolute Gasteiger partial charge is 0.222 e. The number of nitrogens with zero attached hydrogens (tertiary/aromatic N) is 2. The van der Waals surface area contributed by atoms with Crippen molar-refractivity contribution in [2.75, 3.05) is 7.11 Å². The molecule has 0 radical (unpaired) electrons. The summed E-state index contributed by atoms with van der Waals surface area (Å²) in [6.45, 7) is 4.32. The van der Waals surface area contributed by atoms with Crippen molar-refractivity contribution in [1.29, 1.82) is 0 Å². The standard InChI is InChI=1S/C15H19N3O2/c1-4-12-7-15(18-10(2)17-12)20-14-6-11(9-16)5-13(8-14)19-3/h5-8H,4,9,16H2,1-3H3. The van der Waals surface area contributed by atoms with Crippen molar-refractivity contribution in [2.24, 2.45) is 5.73 Å². The SMILES string of the molecule is CCc1cc(Oc2cc(CN)cc(OC)c2)nc(C)n1. The van der Waals surface area contributed by atoms with E-state index in [1.807, 2.05) is 38.1 Å². The van der Waals surface area contributed by atoms with Gasteiger partial charge in [0.2, 0.25) is 5.88 Å². The summed E-state index contributed by atoms with van der Waals surface area (Å²) in [5.74, 6) is 2.60. The monoisotopic (exact) mass is 273 g/mol. The van der Waals surface area contributed by atoms with E-state index in [0.717, 1.165) is 17.7 Å². The van der Waals surface area contributed by atoms with Gasteiger partial charge in [-0.15, -0.1) is 0 Å². The topological polar surface area (TPSA) is 70.3 Å². The zero-order valence-electron chi connectivity index (χ0n) is 12.0. The second-order valence-electron chi connectivity index (χ2n) is 4.42. The molecule has 0 saturated heterocycles. The summed E-state index contributed by atoms with van der Waals surface area (Å²) in [5.41, 5.74) is 7.57. The summed E-state index contributed by atoms with van der Waals surface area (Å²) in [7, 11) is 1.61. The molecule has 1 heterocycles. The summed E-state index contributed by atoms with van der Waals surface area (Å²) in [6.07, 6.45) is 0.839.